The third-order valence-electron chi connectivity index (χ3n) is 6.41. The topological polar surface area (TPSA) is 119 Å². The molecule has 0 saturated carbocycles. The Morgan fingerprint density at radius 2 is 1.31 bits per heavy atom. The van der Waals surface area contributed by atoms with Gasteiger partial charge < -0.3 is 19.3 Å². The van der Waals surface area contributed by atoms with Crippen LogP contribution in [0.15, 0.2) is 78.9 Å². The second-order valence-electron chi connectivity index (χ2n) is 9.67. The zero-order valence-electron chi connectivity index (χ0n) is 23.7. The number of ether oxygens (including phenoxy) is 3. The Morgan fingerprint density at radius 1 is 0.762 bits per heavy atom. The van der Waals surface area contributed by atoms with Gasteiger partial charge >= 0.3 is 5.97 Å². The number of rotatable bonds is 19. The molecule has 0 aromatic heterocycles. The van der Waals surface area contributed by atoms with Crippen LogP contribution in [0, 0.1) is 0 Å². The number of hydrogen-bond acceptors (Lipinski definition) is 8. The van der Waals surface area contributed by atoms with E-state index in [4.69, 9.17) is 19.3 Å². The van der Waals surface area contributed by atoms with Crippen LogP contribution in [0.5, 0.6) is 11.5 Å². The second-order valence-corrected chi connectivity index (χ2v) is 9.67. The quantitative estimate of drug-likeness (QED) is 0.0842. The molecule has 3 rings (SSSR count). The monoisotopic (exact) mass is 575 g/mol. The fourth-order valence-electron chi connectivity index (χ4n) is 3.95. The summed E-state index contributed by atoms with van der Waals surface area (Å²) in [5.41, 5.74) is 1.48. The lowest BCUT2D eigenvalue weighted by atomic mass is 10.1. The van der Waals surface area contributed by atoms with E-state index in [1.165, 1.54) is 23.1 Å². The van der Waals surface area contributed by atoms with Gasteiger partial charge in [0.15, 0.2) is 5.78 Å². The highest BCUT2D eigenvalue weighted by Gasteiger charge is 2.22. The Kier molecular flexibility index (Phi) is 13.2. The summed E-state index contributed by atoms with van der Waals surface area (Å²) in [6.45, 7) is 4.73. The van der Waals surface area contributed by atoms with Crippen molar-refractivity contribution in [2.45, 2.75) is 38.5 Å². The van der Waals surface area contributed by atoms with E-state index in [9.17, 15) is 19.2 Å². The standard InChI is InChI=1S/C33H37NO8/c1-25(24-35)33(39)42-23-6-3-2-5-21-40-29-15-11-27(12-16-29)30(36)17-10-26-8-13-28(14-9-26)41-22-7-4-20-34-31(37)18-19-32(34)38/h8-19,35H,1-7,20-24H2/b17-10+. The molecule has 1 aliphatic heterocycles. The van der Waals surface area contributed by atoms with Gasteiger partial charge in [-0.2, -0.15) is 0 Å². The summed E-state index contributed by atoms with van der Waals surface area (Å²) in [6, 6.07) is 14.4. The number of benzene rings is 2. The maximum absolute atomic E-state index is 12.6. The molecule has 0 atom stereocenters. The highest BCUT2D eigenvalue weighted by atomic mass is 16.5. The third-order valence-corrected chi connectivity index (χ3v) is 6.41. The van der Waals surface area contributed by atoms with E-state index in [1.807, 2.05) is 24.3 Å². The van der Waals surface area contributed by atoms with Crippen LogP contribution in [0.2, 0.25) is 0 Å². The summed E-state index contributed by atoms with van der Waals surface area (Å²) in [4.78, 5) is 48.3. The van der Waals surface area contributed by atoms with Crippen molar-refractivity contribution in [2.75, 3.05) is 33.0 Å². The van der Waals surface area contributed by atoms with Crippen molar-refractivity contribution >= 4 is 29.6 Å². The average Bonchev–Trinajstić information content (AvgIpc) is 3.33. The van der Waals surface area contributed by atoms with Crippen LogP contribution < -0.4 is 9.47 Å². The predicted molar refractivity (Wildman–Crippen MR) is 158 cm³/mol. The van der Waals surface area contributed by atoms with Gasteiger partial charge in [-0.1, -0.05) is 24.8 Å². The molecule has 2 aromatic carbocycles. The summed E-state index contributed by atoms with van der Waals surface area (Å²) >= 11 is 0. The minimum Gasteiger partial charge on any atom is -0.494 e. The van der Waals surface area contributed by atoms with E-state index in [2.05, 4.69) is 6.58 Å². The number of allylic oxidation sites excluding steroid dienone is 1. The van der Waals surface area contributed by atoms with Crippen LogP contribution in [-0.4, -0.2) is 66.5 Å². The number of unbranched alkanes of at least 4 members (excludes halogenated alkanes) is 4. The molecule has 1 heterocycles. The van der Waals surface area contributed by atoms with Gasteiger partial charge in [0.1, 0.15) is 11.5 Å². The second kappa shape index (κ2) is 17.3. The lowest BCUT2D eigenvalue weighted by Gasteiger charge is -2.13. The smallest absolute Gasteiger partial charge is 0.335 e. The summed E-state index contributed by atoms with van der Waals surface area (Å²) in [7, 11) is 0. The summed E-state index contributed by atoms with van der Waals surface area (Å²) in [5, 5.41) is 8.83. The van der Waals surface area contributed by atoms with E-state index in [1.54, 1.807) is 30.3 Å². The van der Waals surface area contributed by atoms with Crippen LogP contribution in [0.25, 0.3) is 6.08 Å². The number of ketones is 1. The number of hydrogen-bond donors (Lipinski definition) is 1. The van der Waals surface area contributed by atoms with E-state index in [0.717, 1.165) is 31.2 Å². The van der Waals surface area contributed by atoms with Crippen molar-refractivity contribution in [2.24, 2.45) is 0 Å². The van der Waals surface area contributed by atoms with Gasteiger partial charge in [0.25, 0.3) is 11.8 Å². The molecule has 2 aromatic rings. The molecule has 0 spiro atoms. The third kappa shape index (κ3) is 10.8. The van der Waals surface area contributed by atoms with Gasteiger partial charge in [-0.15, -0.1) is 0 Å². The number of carbonyl (C=O) groups excluding carboxylic acids is 4. The van der Waals surface area contributed by atoms with Crippen molar-refractivity contribution in [3.63, 3.8) is 0 Å². The molecule has 1 N–H and O–H groups in total. The molecule has 0 saturated heterocycles. The first kappa shape index (κ1) is 32.0. The van der Waals surface area contributed by atoms with Crippen molar-refractivity contribution in [1.82, 2.24) is 4.90 Å². The van der Waals surface area contributed by atoms with Crippen LogP contribution in [-0.2, 0) is 19.1 Å². The Balaban J connectivity index is 1.28. The molecule has 0 bridgehead atoms. The van der Waals surface area contributed by atoms with Crippen molar-refractivity contribution < 1.29 is 38.5 Å². The number of esters is 1. The summed E-state index contributed by atoms with van der Waals surface area (Å²) in [6.07, 6.45) is 10.6. The highest BCUT2D eigenvalue weighted by Crippen LogP contribution is 2.17. The Labute approximate surface area is 246 Å². The largest absolute Gasteiger partial charge is 0.494 e. The lowest BCUT2D eigenvalue weighted by molar-refractivity contribution is -0.140. The molecule has 0 aliphatic carbocycles. The normalized spacial score (nSPS) is 12.6. The summed E-state index contributed by atoms with van der Waals surface area (Å²) in [5.74, 6) is 0.186. The molecule has 42 heavy (non-hydrogen) atoms. The molecule has 9 heteroatoms. The summed E-state index contributed by atoms with van der Waals surface area (Å²) < 4.78 is 16.5. The molecule has 0 radical (unpaired) electrons. The maximum atomic E-state index is 12.6. The maximum Gasteiger partial charge on any atom is 0.335 e. The van der Waals surface area contributed by atoms with Gasteiger partial charge in [-0.25, -0.2) is 4.79 Å². The van der Waals surface area contributed by atoms with Crippen molar-refractivity contribution in [3.05, 3.63) is 90.0 Å². The average molecular weight is 576 g/mol. The first-order chi connectivity index (χ1) is 20.4. The number of imide groups is 1. The first-order valence-electron chi connectivity index (χ1n) is 14.0. The lowest BCUT2D eigenvalue weighted by Crippen LogP contribution is -2.31. The van der Waals surface area contributed by atoms with Gasteiger partial charge in [0, 0.05) is 24.3 Å². The number of amides is 2. The number of aliphatic hydroxyl groups excluding tert-OH is 1. The highest BCUT2D eigenvalue weighted by molar-refractivity contribution is 6.12. The first-order valence-corrected chi connectivity index (χ1v) is 14.0. The molecular weight excluding hydrogens is 538 g/mol. The Hall–Kier alpha value is -4.50. The van der Waals surface area contributed by atoms with Crippen LogP contribution >= 0.6 is 0 Å². The zero-order valence-corrected chi connectivity index (χ0v) is 23.7. The number of aliphatic hydroxyl groups is 1. The van der Waals surface area contributed by atoms with Crippen molar-refractivity contribution in [3.8, 4) is 11.5 Å². The molecule has 222 valence electrons. The zero-order chi connectivity index (χ0) is 30.2. The fourth-order valence-corrected chi connectivity index (χ4v) is 3.95. The van der Waals surface area contributed by atoms with Gasteiger partial charge in [-0.05, 0) is 86.6 Å². The van der Waals surface area contributed by atoms with Crippen LogP contribution in [0.4, 0.5) is 0 Å². The van der Waals surface area contributed by atoms with Gasteiger partial charge in [-0.3, -0.25) is 19.3 Å². The Morgan fingerprint density at radius 3 is 1.90 bits per heavy atom. The van der Waals surface area contributed by atoms with E-state index in [0.29, 0.717) is 56.3 Å². The van der Waals surface area contributed by atoms with Crippen LogP contribution in [0.3, 0.4) is 0 Å². The van der Waals surface area contributed by atoms with E-state index in [-0.39, 0.29) is 23.2 Å². The SMILES string of the molecule is C=C(CO)C(=O)OCCCCCCOc1ccc(C(=O)/C=C/c2ccc(OCCCCN3C(=O)C=CC3=O)cc2)cc1. The van der Waals surface area contributed by atoms with Crippen molar-refractivity contribution in [1.29, 1.82) is 0 Å². The van der Waals surface area contributed by atoms with E-state index >= 15 is 0 Å². The Bertz CT molecular complexity index is 1260. The number of carbonyl (C=O) groups is 4. The van der Waals surface area contributed by atoms with Gasteiger partial charge in [0.2, 0.25) is 0 Å². The molecule has 1 aliphatic rings. The molecule has 2 amide bonds. The predicted octanol–water partition coefficient (Wildman–Crippen LogP) is 4.70. The molecule has 0 fully saturated rings. The minimum absolute atomic E-state index is 0.0567. The molecular formula is C33H37NO8. The van der Waals surface area contributed by atoms with E-state index < -0.39 is 12.6 Å². The fraction of sp³-hybridized carbons (Fsp3) is 0.333. The number of nitrogens with zero attached hydrogens (tertiary/aromatic N) is 1. The molecule has 9 nitrogen and oxygen atoms in total. The van der Waals surface area contributed by atoms with Crippen LogP contribution in [0.1, 0.15) is 54.4 Å². The minimum atomic E-state index is -0.560. The molecule has 0 unspecified atom stereocenters. The van der Waals surface area contributed by atoms with Gasteiger partial charge in [0.05, 0.1) is 32.0 Å².